The molecule has 0 bridgehead atoms. The molecule has 0 saturated heterocycles. The Labute approximate surface area is 82.9 Å². The summed E-state index contributed by atoms with van der Waals surface area (Å²) in [6, 6.07) is 0. The molecular formula is C10H23NS. The van der Waals surface area contributed by atoms with Crippen LogP contribution < -0.4 is 4.72 Å². The lowest BCUT2D eigenvalue weighted by atomic mass is 9.89. The molecule has 0 atom stereocenters. The van der Waals surface area contributed by atoms with Gasteiger partial charge in [0.1, 0.15) is 0 Å². The molecule has 0 saturated carbocycles. The Balaban J connectivity index is 3.01. The van der Waals surface area contributed by atoms with E-state index in [2.05, 4.69) is 38.3 Å². The second-order valence-corrected chi connectivity index (χ2v) is 4.95. The highest BCUT2D eigenvalue weighted by atomic mass is 32.1. The van der Waals surface area contributed by atoms with Gasteiger partial charge in [-0.3, -0.25) is 4.72 Å². The van der Waals surface area contributed by atoms with E-state index < -0.39 is 0 Å². The normalized spacial score (nSPS) is 12.0. The van der Waals surface area contributed by atoms with Crippen LogP contribution in [0.4, 0.5) is 0 Å². The second-order valence-electron chi connectivity index (χ2n) is 4.63. The van der Waals surface area contributed by atoms with E-state index in [0.29, 0.717) is 5.41 Å². The molecule has 2 heteroatoms. The first-order chi connectivity index (χ1) is 5.56. The SMILES string of the molecule is CC(C)(C)CCCCCCNS. The van der Waals surface area contributed by atoms with Gasteiger partial charge in [0.2, 0.25) is 0 Å². The van der Waals surface area contributed by atoms with Gasteiger partial charge in [-0.2, -0.15) is 0 Å². The topological polar surface area (TPSA) is 12.0 Å². The van der Waals surface area contributed by atoms with Gasteiger partial charge in [0.15, 0.2) is 0 Å². The van der Waals surface area contributed by atoms with Crippen LogP contribution in [0.1, 0.15) is 52.9 Å². The average Bonchev–Trinajstić information content (AvgIpc) is 1.94. The summed E-state index contributed by atoms with van der Waals surface area (Å²) in [5, 5.41) is 0. The molecule has 0 amide bonds. The van der Waals surface area contributed by atoms with Crippen molar-refractivity contribution in [3.63, 3.8) is 0 Å². The number of hydrogen-bond donors (Lipinski definition) is 2. The summed E-state index contributed by atoms with van der Waals surface area (Å²) in [5.41, 5.74) is 0.516. The van der Waals surface area contributed by atoms with E-state index in [1.165, 1.54) is 32.1 Å². The monoisotopic (exact) mass is 189 g/mol. The summed E-state index contributed by atoms with van der Waals surface area (Å²) in [6.07, 6.45) is 6.68. The first-order valence-corrected chi connectivity index (χ1v) is 5.38. The molecule has 0 aromatic carbocycles. The molecule has 12 heavy (non-hydrogen) atoms. The van der Waals surface area contributed by atoms with Crippen molar-refractivity contribution in [1.29, 1.82) is 0 Å². The van der Waals surface area contributed by atoms with E-state index in [1.54, 1.807) is 0 Å². The summed E-state index contributed by atoms with van der Waals surface area (Å²) < 4.78 is 2.87. The molecule has 1 N–H and O–H groups in total. The van der Waals surface area contributed by atoms with Gasteiger partial charge >= 0.3 is 0 Å². The minimum absolute atomic E-state index is 0.516. The van der Waals surface area contributed by atoms with Crippen LogP contribution in [0.15, 0.2) is 0 Å². The number of rotatable bonds is 6. The van der Waals surface area contributed by atoms with E-state index in [9.17, 15) is 0 Å². The average molecular weight is 189 g/mol. The highest BCUT2D eigenvalue weighted by Gasteiger charge is 2.08. The molecule has 74 valence electrons. The zero-order valence-electron chi connectivity index (χ0n) is 8.69. The molecule has 0 aliphatic rings. The fourth-order valence-electron chi connectivity index (χ4n) is 1.21. The lowest BCUT2D eigenvalue weighted by Crippen LogP contribution is -2.04. The first-order valence-electron chi connectivity index (χ1n) is 4.93. The molecule has 0 rings (SSSR count). The van der Waals surface area contributed by atoms with Crippen LogP contribution in [-0.4, -0.2) is 6.54 Å². The van der Waals surface area contributed by atoms with Gasteiger partial charge < -0.3 is 0 Å². The maximum absolute atomic E-state index is 3.94. The smallest absolute Gasteiger partial charge is 0.00561 e. The maximum Gasteiger partial charge on any atom is 0.00561 e. The molecule has 0 aliphatic carbocycles. The lowest BCUT2D eigenvalue weighted by molar-refractivity contribution is 0.357. The van der Waals surface area contributed by atoms with Crippen LogP contribution >= 0.6 is 12.8 Å². The first kappa shape index (κ1) is 12.3. The van der Waals surface area contributed by atoms with Crippen molar-refractivity contribution in [2.75, 3.05) is 6.54 Å². The Morgan fingerprint density at radius 1 is 1.00 bits per heavy atom. The molecule has 0 aliphatic heterocycles. The van der Waals surface area contributed by atoms with Gasteiger partial charge in [-0.1, -0.05) is 52.8 Å². The van der Waals surface area contributed by atoms with Crippen molar-refractivity contribution in [3.8, 4) is 0 Å². The third-order valence-electron chi connectivity index (χ3n) is 1.97. The van der Waals surface area contributed by atoms with E-state index in [0.717, 1.165) is 6.54 Å². The number of unbranched alkanes of at least 4 members (excludes halogenated alkanes) is 3. The summed E-state index contributed by atoms with van der Waals surface area (Å²) in [7, 11) is 0. The minimum atomic E-state index is 0.516. The number of hydrogen-bond acceptors (Lipinski definition) is 2. The van der Waals surface area contributed by atoms with Crippen molar-refractivity contribution in [3.05, 3.63) is 0 Å². The standard InChI is InChI=1S/C10H23NS/c1-10(2,3)8-6-4-5-7-9-11-12/h11-12H,4-9H2,1-3H3. The zero-order chi connectivity index (χ0) is 9.45. The van der Waals surface area contributed by atoms with Crippen LogP contribution in [0.2, 0.25) is 0 Å². The molecule has 0 unspecified atom stereocenters. The van der Waals surface area contributed by atoms with Crippen LogP contribution in [-0.2, 0) is 0 Å². The van der Waals surface area contributed by atoms with E-state index in [1.807, 2.05) is 0 Å². The van der Waals surface area contributed by atoms with Crippen molar-refractivity contribution >= 4 is 12.8 Å². The Bertz CT molecular complexity index is 96.5. The molecule has 0 radical (unpaired) electrons. The Kier molecular flexibility index (Phi) is 6.96. The predicted molar refractivity (Wildman–Crippen MR) is 59.5 cm³/mol. The van der Waals surface area contributed by atoms with Crippen LogP contribution in [0.3, 0.4) is 0 Å². The van der Waals surface area contributed by atoms with Gasteiger partial charge in [0.25, 0.3) is 0 Å². The van der Waals surface area contributed by atoms with Crippen molar-refractivity contribution in [2.45, 2.75) is 52.9 Å². The van der Waals surface area contributed by atoms with Gasteiger partial charge in [-0.25, -0.2) is 0 Å². The van der Waals surface area contributed by atoms with E-state index in [-0.39, 0.29) is 0 Å². The van der Waals surface area contributed by atoms with Crippen LogP contribution in [0, 0.1) is 5.41 Å². The fraction of sp³-hybridized carbons (Fsp3) is 1.00. The highest BCUT2D eigenvalue weighted by molar-refractivity contribution is 7.78. The molecule has 0 heterocycles. The Morgan fingerprint density at radius 2 is 1.58 bits per heavy atom. The molecule has 1 nitrogen and oxygen atoms in total. The van der Waals surface area contributed by atoms with Crippen LogP contribution in [0.25, 0.3) is 0 Å². The van der Waals surface area contributed by atoms with E-state index in [4.69, 9.17) is 0 Å². The zero-order valence-corrected chi connectivity index (χ0v) is 9.58. The minimum Gasteiger partial charge on any atom is -0.267 e. The number of thiol groups is 1. The summed E-state index contributed by atoms with van der Waals surface area (Å²) in [4.78, 5) is 0. The summed E-state index contributed by atoms with van der Waals surface area (Å²) in [5.74, 6) is 0. The quantitative estimate of drug-likeness (QED) is 0.482. The van der Waals surface area contributed by atoms with Crippen LogP contribution in [0.5, 0.6) is 0 Å². The molecule has 0 aromatic rings. The Hall–Kier alpha value is 0.310. The van der Waals surface area contributed by atoms with Crippen molar-refractivity contribution in [1.82, 2.24) is 4.72 Å². The highest BCUT2D eigenvalue weighted by Crippen LogP contribution is 2.22. The fourth-order valence-corrected chi connectivity index (χ4v) is 1.37. The van der Waals surface area contributed by atoms with Crippen molar-refractivity contribution in [2.24, 2.45) is 5.41 Å². The molecule has 0 spiro atoms. The third-order valence-corrected chi connectivity index (χ3v) is 2.19. The molecular weight excluding hydrogens is 166 g/mol. The summed E-state index contributed by atoms with van der Waals surface area (Å²) in [6.45, 7) is 7.96. The molecule has 0 fully saturated rings. The van der Waals surface area contributed by atoms with Gasteiger partial charge in [-0.05, 0) is 18.3 Å². The largest absolute Gasteiger partial charge is 0.267 e. The Morgan fingerprint density at radius 3 is 2.08 bits per heavy atom. The molecule has 0 aromatic heterocycles. The van der Waals surface area contributed by atoms with Crippen molar-refractivity contribution < 1.29 is 0 Å². The maximum atomic E-state index is 3.94. The third kappa shape index (κ3) is 10.3. The van der Waals surface area contributed by atoms with Gasteiger partial charge in [-0.15, -0.1) is 0 Å². The predicted octanol–water partition coefficient (Wildman–Crippen LogP) is 3.42. The van der Waals surface area contributed by atoms with E-state index >= 15 is 0 Å². The number of nitrogens with one attached hydrogen (secondary N) is 1. The summed E-state index contributed by atoms with van der Waals surface area (Å²) >= 11 is 3.94. The lowest BCUT2D eigenvalue weighted by Gasteiger charge is -2.17. The second kappa shape index (κ2) is 6.79. The van der Waals surface area contributed by atoms with Gasteiger partial charge in [0, 0.05) is 6.54 Å². The van der Waals surface area contributed by atoms with Gasteiger partial charge in [0.05, 0.1) is 0 Å².